The molecule has 3 N–H and O–H groups in total. The molecule has 0 radical (unpaired) electrons. The number of hydrogen-bond acceptors (Lipinski definition) is 2. The third-order valence-corrected chi connectivity index (χ3v) is 3.04. The minimum atomic E-state index is 0. The van der Waals surface area contributed by atoms with Crippen LogP contribution in [0.1, 0.15) is 11.4 Å². The summed E-state index contributed by atoms with van der Waals surface area (Å²) < 4.78 is 0. The van der Waals surface area contributed by atoms with Gasteiger partial charge in [0.1, 0.15) is 5.82 Å². The Labute approximate surface area is 118 Å². The van der Waals surface area contributed by atoms with Crippen LogP contribution in [0, 0.1) is 0 Å². The molecule has 0 atom stereocenters. The fraction of sp³-hybridized carbons (Fsp3) is 0.133. The standard InChI is InChI=1S/C15H15N3.ClH/c16-12-5-3-4-11(10-12)8-9-15-17-13-6-1-2-7-14(13)18-15;/h1-7,10H,8-9,16H2,(H,17,18);1H/p-1. The van der Waals surface area contributed by atoms with E-state index in [1.165, 1.54) is 5.56 Å². The molecule has 0 bridgehead atoms. The molecule has 2 aromatic carbocycles. The van der Waals surface area contributed by atoms with Gasteiger partial charge in [0, 0.05) is 12.1 Å². The van der Waals surface area contributed by atoms with Crippen LogP contribution in [0.15, 0.2) is 48.5 Å². The van der Waals surface area contributed by atoms with Gasteiger partial charge < -0.3 is 23.1 Å². The predicted molar refractivity (Wildman–Crippen MR) is 74.4 cm³/mol. The van der Waals surface area contributed by atoms with Crippen molar-refractivity contribution in [2.75, 3.05) is 5.73 Å². The molecule has 0 aliphatic heterocycles. The van der Waals surface area contributed by atoms with E-state index >= 15 is 0 Å². The van der Waals surface area contributed by atoms with Crippen LogP contribution in [-0.4, -0.2) is 9.97 Å². The highest BCUT2D eigenvalue weighted by molar-refractivity contribution is 5.74. The van der Waals surface area contributed by atoms with Crippen LogP contribution in [0.3, 0.4) is 0 Å². The Morgan fingerprint density at radius 3 is 2.63 bits per heavy atom. The largest absolute Gasteiger partial charge is 1.00 e. The zero-order valence-electron chi connectivity index (χ0n) is 10.4. The molecule has 0 amide bonds. The Morgan fingerprint density at radius 2 is 1.84 bits per heavy atom. The molecular weight excluding hydrogens is 258 g/mol. The summed E-state index contributed by atoms with van der Waals surface area (Å²) in [4.78, 5) is 7.90. The third-order valence-electron chi connectivity index (χ3n) is 3.04. The van der Waals surface area contributed by atoms with Crippen molar-refractivity contribution in [1.29, 1.82) is 0 Å². The number of aryl methyl sites for hydroxylation is 2. The van der Waals surface area contributed by atoms with Gasteiger partial charge in [0.2, 0.25) is 0 Å². The van der Waals surface area contributed by atoms with E-state index in [1.807, 2.05) is 42.5 Å². The molecule has 0 aliphatic carbocycles. The number of halogens is 1. The van der Waals surface area contributed by atoms with E-state index in [0.29, 0.717) is 0 Å². The normalized spacial score (nSPS) is 10.3. The zero-order valence-corrected chi connectivity index (χ0v) is 11.2. The molecular formula is C15H15ClN3-. The number of anilines is 1. The van der Waals surface area contributed by atoms with Gasteiger partial charge in [-0.1, -0.05) is 24.3 Å². The number of benzene rings is 2. The number of rotatable bonds is 3. The van der Waals surface area contributed by atoms with E-state index in [-0.39, 0.29) is 12.4 Å². The molecule has 0 saturated carbocycles. The molecule has 0 aliphatic rings. The Bertz CT molecular complexity index is 643. The summed E-state index contributed by atoms with van der Waals surface area (Å²) in [5, 5.41) is 0. The van der Waals surface area contributed by atoms with Crippen molar-refractivity contribution in [3.05, 3.63) is 59.9 Å². The second-order valence-electron chi connectivity index (χ2n) is 4.45. The molecule has 0 saturated heterocycles. The van der Waals surface area contributed by atoms with Crippen molar-refractivity contribution >= 4 is 16.7 Å². The Morgan fingerprint density at radius 1 is 1.00 bits per heavy atom. The van der Waals surface area contributed by atoms with Crippen molar-refractivity contribution in [3.63, 3.8) is 0 Å². The Kier molecular flexibility index (Phi) is 4.07. The molecule has 1 heterocycles. The van der Waals surface area contributed by atoms with E-state index in [9.17, 15) is 0 Å². The second kappa shape index (κ2) is 5.76. The van der Waals surface area contributed by atoms with Crippen LogP contribution in [0.4, 0.5) is 5.69 Å². The topological polar surface area (TPSA) is 54.7 Å². The van der Waals surface area contributed by atoms with Gasteiger partial charge in [-0.3, -0.25) is 0 Å². The van der Waals surface area contributed by atoms with Crippen LogP contribution >= 0.6 is 0 Å². The number of hydrogen-bond donors (Lipinski definition) is 2. The summed E-state index contributed by atoms with van der Waals surface area (Å²) >= 11 is 0. The van der Waals surface area contributed by atoms with Gasteiger partial charge in [0.15, 0.2) is 0 Å². The highest BCUT2D eigenvalue weighted by atomic mass is 35.5. The lowest BCUT2D eigenvalue weighted by atomic mass is 10.1. The van der Waals surface area contributed by atoms with Crippen molar-refractivity contribution in [3.8, 4) is 0 Å². The maximum atomic E-state index is 5.77. The molecule has 3 nitrogen and oxygen atoms in total. The minimum absolute atomic E-state index is 0. The average molecular weight is 273 g/mol. The predicted octanol–water partition coefficient (Wildman–Crippen LogP) is -0.0657. The van der Waals surface area contributed by atoms with Crippen LogP contribution in [0.25, 0.3) is 11.0 Å². The van der Waals surface area contributed by atoms with Crippen molar-refractivity contribution < 1.29 is 12.4 Å². The van der Waals surface area contributed by atoms with E-state index in [1.54, 1.807) is 0 Å². The smallest absolute Gasteiger partial charge is 0.107 e. The second-order valence-corrected chi connectivity index (χ2v) is 4.45. The number of imidazole rings is 1. The monoisotopic (exact) mass is 272 g/mol. The van der Waals surface area contributed by atoms with E-state index < -0.39 is 0 Å². The van der Waals surface area contributed by atoms with Crippen LogP contribution in [-0.2, 0) is 12.8 Å². The lowest BCUT2D eigenvalue weighted by Gasteiger charge is -2.00. The first-order chi connectivity index (χ1) is 8.81. The number of nitrogens with one attached hydrogen (secondary N) is 1. The molecule has 0 spiro atoms. The van der Waals surface area contributed by atoms with Gasteiger partial charge in [-0.15, -0.1) is 0 Å². The van der Waals surface area contributed by atoms with Crippen molar-refractivity contribution in [1.82, 2.24) is 9.97 Å². The third kappa shape index (κ3) is 3.06. The van der Waals surface area contributed by atoms with Gasteiger partial charge in [-0.25, -0.2) is 4.98 Å². The average Bonchev–Trinajstić information content (AvgIpc) is 2.79. The van der Waals surface area contributed by atoms with E-state index in [0.717, 1.165) is 35.4 Å². The maximum Gasteiger partial charge on any atom is 0.107 e. The first kappa shape index (κ1) is 13.4. The Hall–Kier alpha value is -2.00. The molecule has 19 heavy (non-hydrogen) atoms. The van der Waals surface area contributed by atoms with Gasteiger partial charge in [-0.2, -0.15) is 0 Å². The summed E-state index contributed by atoms with van der Waals surface area (Å²) in [6.45, 7) is 0. The number of nitrogens with zero attached hydrogens (tertiary/aromatic N) is 1. The fourth-order valence-corrected chi connectivity index (χ4v) is 2.14. The molecule has 0 unspecified atom stereocenters. The lowest BCUT2D eigenvalue weighted by Crippen LogP contribution is -3.00. The van der Waals surface area contributed by atoms with Crippen molar-refractivity contribution in [2.24, 2.45) is 0 Å². The SMILES string of the molecule is Nc1cccc(CCc2nc3ccccc3[nH]2)c1.[Cl-]. The first-order valence-corrected chi connectivity index (χ1v) is 6.09. The minimum Gasteiger partial charge on any atom is -1.00 e. The number of fused-ring (bicyclic) bond motifs is 1. The molecule has 1 aromatic heterocycles. The van der Waals surface area contributed by atoms with Gasteiger partial charge in [0.05, 0.1) is 11.0 Å². The van der Waals surface area contributed by atoms with Gasteiger partial charge in [-0.05, 0) is 36.2 Å². The number of aromatic amines is 1. The maximum absolute atomic E-state index is 5.77. The van der Waals surface area contributed by atoms with Crippen LogP contribution < -0.4 is 18.1 Å². The number of H-pyrrole nitrogens is 1. The summed E-state index contributed by atoms with van der Waals surface area (Å²) in [5.74, 6) is 1.03. The molecule has 3 rings (SSSR count). The number of para-hydroxylation sites is 2. The van der Waals surface area contributed by atoms with Crippen molar-refractivity contribution in [2.45, 2.75) is 12.8 Å². The summed E-state index contributed by atoms with van der Waals surface area (Å²) in [6.07, 6.45) is 1.85. The van der Waals surface area contributed by atoms with Gasteiger partial charge in [0.25, 0.3) is 0 Å². The zero-order chi connectivity index (χ0) is 12.4. The first-order valence-electron chi connectivity index (χ1n) is 6.09. The highest BCUT2D eigenvalue weighted by Crippen LogP contribution is 2.13. The number of aromatic nitrogens is 2. The fourth-order valence-electron chi connectivity index (χ4n) is 2.14. The summed E-state index contributed by atoms with van der Waals surface area (Å²) in [6, 6.07) is 16.1. The molecule has 3 aromatic rings. The molecule has 98 valence electrons. The molecule has 0 fully saturated rings. The lowest BCUT2D eigenvalue weighted by molar-refractivity contribution is -0.00000381. The molecule has 4 heteroatoms. The summed E-state index contributed by atoms with van der Waals surface area (Å²) in [5.41, 5.74) is 9.95. The van der Waals surface area contributed by atoms with Crippen LogP contribution in [0.2, 0.25) is 0 Å². The number of nitrogen functional groups attached to an aromatic ring is 1. The Balaban J connectivity index is 0.00000133. The highest BCUT2D eigenvalue weighted by Gasteiger charge is 2.02. The quantitative estimate of drug-likeness (QED) is 0.656. The number of nitrogens with two attached hydrogens (primary N) is 1. The van der Waals surface area contributed by atoms with Crippen LogP contribution in [0.5, 0.6) is 0 Å². The van der Waals surface area contributed by atoms with E-state index in [2.05, 4.69) is 16.0 Å². The summed E-state index contributed by atoms with van der Waals surface area (Å²) in [7, 11) is 0. The van der Waals surface area contributed by atoms with Gasteiger partial charge >= 0.3 is 0 Å². The van der Waals surface area contributed by atoms with E-state index in [4.69, 9.17) is 5.73 Å².